The Morgan fingerprint density at radius 2 is 1.95 bits per heavy atom. The largest absolute Gasteiger partial charge is 0.300 e. The van der Waals surface area contributed by atoms with Crippen LogP contribution in [-0.2, 0) is 10.0 Å². The lowest BCUT2D eigenvalue weighted by Crippen LogP contribution is -2.48. The van der Waals surface area contributed by atoms with Gasteiger partial charge >= 0.3 is 0 Å². The predicted octanol–water partition coefficient (Wildman–Crippen LogP) is 0.371. The van der Waals surface area contributed by atoms with Gasteiger partial charge in [0.1, 0.15) is 11.5 Å². The summed E-state index contributed by atoms with van der Waals surface area (Å²) in [6.45, 7) is 2.66. The van der Waals surface area contributed by atoms with Crippen LogP contribution in [0.15, 0.2) is 18.3 Å². The number of halogens is 1. The molecule has 0 amide bonds. The number of hydrogen-bond donors (Lipinski definition) is 0. The molecule has 1 fully saturated rings. The standard InChI is InChI=1S/C13H18FN3O3S/c1-21(19,20)17-8-6-16(7-9-17)5-4-13(18)12-3-2-11(14)10-15-12/h2-3,10H,4-9H2,1H3. The number of nitrogens with zero attached hydrogens (tertiary/aromatic N) is 3. The van der Waals surface area contributed by atoms with Gasteiger partial charge in [-0.2, -0.15) is 4.31 Å². The first-order valence-corrected chi connectivity index (χ1v) is 8.53. The van der Waals surface area contributed by atoms with Gasteiger partial charge in [-0.1, -0.05) is 0 Å². The molecule has 0 atom stereocenters. The van der Waals surface area contributed by atoms with Crippen LogP contribution in [0.5, 0.6) is 0 Å². The van der Waals surface area contributed by atoms with Gasteiger partial charge in [-0.15, -0.1) is 0 Å². The summed E-state index contributed by atoms with van der Waals surface area (Å²) in [5, 5.41) is 0. The zero-order chi connectivity index (χ0) is 15.5. The van der Waals surface area contributed by atoms with Crippen molar-refractivity contribution in [3.63, 3.8) is 0 Å². The molecule has 1 aromatic rings. The average Bonchev–Trinajstić information content (AvgIpc) is 2.45. The van der Waals surface area contributed by atoms with Gasteiger partial charge in [-0.25, -0.2) is 12.8 Å². The maximum atomic E-state index is 12.7. The van der Waals surface area contributed by atoms with E-state index < -0.39 is 15.8 Å². The molecule has 0 bridgehead atoms. The molecule has 116 valence electrons. The number of carbonyl (C=O) groups excluding carboxylic acids is 1. The number of ketones is 1. The smallest absolute Gasteiger partial charge is 0.211 e. The van der Waals surface area contributed by atoms with Gasteiger partial charge in [0, 0.05) is 39.1 Å². The number of carbonyl (C=O) groups is 1. The van der Waals surface area contributed by atoms with E-state index in [1.54, 1.807) is 0 Å². The molecule has 1 saturated heterocycles. The van der Waals surface area contributed by atoms with Crippen molar-refractivity contribution in [2.75, 3.05) is 39.0 Å². The Morgan fingerprint density at radius 1 is 1.29 bits per heavy atom. The molecule has 0 radical (unpaired) electrons. The van der Waals surface area contributed by atoms with Crippen molar-refractivity contribution in [1.29, 1.82) is 0 Å². The summed E-state index contributed by atoms with van der Waals surface area (Å²) in [5.41, 5.74) is 0.256. The summed E-state index contributed by atoms with van der Waals surface area (Å²) >= 11 is 0. The third-order valence-electron chi connectivity index (χ3n) is 3.47. The minimum absolute atomic E-state index is 0.138. The van der Waals surface area contributed by atoms with Crippen LogP contribution in [0.4, 0.5) is 4.39 Å². The zero-order valence-electron chi connectivity index (χ0n) is 11.8. The van der Waals surface area contributed by atoms with Crippen LogP contribution in [0, 0.1) is 5.82 Å². The number of pyridine rings is 1. The second-order valence-electron chi connectivity index (χ2n) is 5.04. The summed E-state index contributed by atoms with van der Waals surface area (Å²) in [5.74, 6) is -0.607. The summed E-state index contributed by atoms with van der Waals surface area (Å²) in [4.78, 5) is 17.7. The van der Waals surface area contributed by atoms with Crippen molar-refractivity contribution in [3.05, 3.63) is 29.8 Å². The molecule has 8 heteroatoms. The molecule has 21 heavy (non-hydrogen) atoms. The third-order valence-corrected chi connectivity index (χ3v) is 4.77. The van der Waals surface area contributed by atoms with Crippen LogP contribution >= 0.6 is 0 Å². The van der Waals surface area contributed by atoms with Crippen LogP contribution < -0.4 is 0 Å². The Bertz CT molecular complexity index is 596. The topological polar surface area (TPSA) is 70.6 Å². The van der Waals surface area contributed by atoms with Gasteiger partial charge in [-0.3, -0.25) is 9.78 Å². The highest BCUT2D eigenvalue weighted by atomic mass is 32.2. The number of sulfonamides is 1. The second-order valence-corrected chi connectivity index (χ2v) is 7.02. The molecule has 0 spiro atoms. The third kappa shape index (κ3) is 4.55. The zero-order valence-corrected chi connectivity index (χ0v) is 12.6. The number of piperazine rings is 1. The molecule has 1 aliphatic heterocycles. The van der Waals surface area contributed by atoms with Crippen LogP contribution in [0.25, 0.3) is 0 Å². The minimum Gasteiger partial charge on any atom is -0.300 e. The molecule has 0 unspecified atom stereocenters. The van der Waals surface area contributed by atoms with E-state index in [0.29, 0.717) is 32.7 Å². The SMILES string of the molecule is CS(=O)(=O)N1CCN(CCC(=O)c2ccc(F)cn2)CC1. The van der Waals surface area contributed by atoms with Gasteiger partial charge in [0.25, 0.3) is 0 Å². The average molecular weight is 315 g/mol. The van der Waals surface area contributed by atoms with Gasteiger partial charge < -0.3 is 4.90 Å². The molecular formula is C13H18FN3O3S. The lowest BCUT2D eigenvalue weighted by molar-refractivity contribution is 0.0947. The Labute approximate surface area is 123 Å². The van der Waals surface area contributed by atoms with Crippen LogP contribution in [0.2, 0.25) is 0 Å². The van der Waals surface area contributed by atoms with E-state index in [9.17, 15) is 17.6 Å². The van der Waals surface area contributed by atoms with E-state index in [1.807, 2.05) is 4.90 Å². The molecule has 0 aliphatic carbocycles. The highest BCUT2D eigenvalue weighted by Crippen LogP contribution is 2.08. The molecule has 0 saturated carbocycles. The Kier molecular flexibility index (Phi) is 5.02. The van der Waals surface area contributed by atoms with Gasteiger partial charge in [0.2, 0.25) is 10.0 Å². The van der Waals surface area contributed by atoms with Crippen molar-refractivity contribution >= 4 is 15.8 Å². The first kappa shape index (κ1) is 16.0. The first-order valence-electron chi connectivity index (χ1n) is 6.68. The summed E-state index contributed by atoms with van der Waals surface area (Å²) in [6, 6.07) is 2.59. The first-order chi connectivity index (χ1) is 9.86. The molecule has 2 rings (SSSR count). The molecule has 0 aromatic carbocycles. The van der Waals surface area contributed by atoms with E-state index in [4.69, 9.17) is 0 Å². The van der Waals surface area contributed by atoms with Crippen molar-refractivity contribution in [3.8, 4) is 0 Å². The van der Waals surface area contributed by atoms with Crippen LogP contribution in [0.3, 0.4) is 0 Å². The highest BCUT2D eigenvalue weighted by Gasteiger charge is 2.23. The van der Waals surface area contributed by atoms with E-state index >= 15 is 0 Å². The maximum Gasteiger partial charge on any atom is 0.211 e. The fourth-order valence-corrected chi connectivity index (χ4v) is 3.04. The molecule has 1 aromatic heterocycles. The highest BCUT2D eigenvalue weighted by molar-refractivity contribution is 7.88. The minimum atomic E-state index is -3.13. The molecule has 6 nitrogen and oxygen atoms in total. The van der Waals surface area contributed by atoms with E-state index in [0.717, 1.165) is 6.20 Å². The predicted molar refractivity (Wildman–Crippen MR) is 76.0 cm³/mol. The van der Waals surface area contributed by atoms with E-state index in [2.05, 4.69) is 4.98 Å². The second kappa shape index (κ2) is 6.59. The normalized spacial score (nSPS) is 17.8. The Balaban J connectivity index is 1.79. The van der Waals surface area contributed by atoms with Gasteiger partial charge in [0.15, 0.2) is 5.78 Å². The Hall–Kier alpha value is -1.38. The molecule has 1 aliphatic rings. The van der Waals surface area contributed by atoms with Crippen molar-refractivity contribution in [2.24, 2.45) is 0 Å². The van der Waals surface area contributed by atoms with Gasteiger partial charge in [-0.05, 0) is 12.1 Å². The molecule has 2 heterocycles. The maximum absolute atomic E-state index is 12.7. The lowest BCUT2D eigenvalue weighted by Gasteiger charge is -2.32. The quantitative estimate of drug-likeness (QED) is 0.734. The van der Waals surface area contributed by atoms with E-state index in [1.165, 1.54) is 22.7 Å². The van der Waals surface area contributed by atoms with Crippen molar-refractivity contribution in [1.82, 2.24) is 14.2 Å². The monoisotopic (exact) mass is 315 g/mol. The van der Waals surface area contributed by atoms with Crippen molar-refractivity contribution < 1.29 is 17.6 Å². The van der Waals surface area contributed by atoms with Crippen LogP contribution in [-0.4, -0.2) is 67.4 Å². The number of rotatable bonds is 5. The fourth-order valence-electron chi connectivity index (χ4n) is 2.21. The number of hydrogen-bond acceptors (Lipinski definition) is 5. The summed E-state index contributed by atoms with van der Waals surface area (Å²) in [6.07, 6.45) is 2.52. The summed E-state index contributed by atoms with van der Waals surface area (Å²) in [7, 11) is -3.13. The lowest BCUT2D eigenvalue weighted by atomic mass is 10.2. The van der Waals surface area contributed by atoms with Crippen LogP contribution in [0.1, 0.15) is 16.9 Å². The number of Topliss-reactive ketones (excluding diaryl/α,β-unsaturated/α-hetero) is 1. The molecule has 0 N–H and O–H groups in total. The molecular weight excluding hydrogens is 297 g/mol. The fraction of sp³-hybridized carbons (Fsp3) is 0.538. The summed E-state index contributed by atoms with van der Waals surface area (Å²) < 4.78 is 36.9. The number of aromatic nitrogens is 1. The van der Waals surface area contributed by atoms with Crippen molar-refractivity contribution in [2.45, 2.75) is 6.42 Å². The Morgan fingerprint density at radius 3 is 2.48 bits per heavy atom. The van der Waals surface area contributed by atoms with E-state index in [-0.39, 0.29) is 17.9 Å². The van der Waals surface area contributed by atoms with Gasteiger partial charge in [0.05, 0.1) is 12.5 Å².